The van der Waals surface area contributed by atoms with E-state index in [-0.39, 0.29) is 5.56 Å². The standard InChI is InChI=1S/C14H14N4O/c1-9-7-10(2)18(17-9)8-13-14(19)16-12-6-4-3-5-11(12)15-13/h3-7H,8H2,1-2H3,(H,16,19). The van der Waals surface area contributed by atoms with Crippen LogP contribution in [0.25, 0.3) is 11.0 Å². The van der Waals surface area contributed by atoms with Crippen molar-refractivity contribution in [2.45, 2.75) is 20.4 Å². The molecule has 1 N–H and O–H groups in total. The number of nitrogens with one attached hydrogen (secondary N) is 1. The Morgan fingerprint density at radius 2 is 2.05 bits per heavy atom. The lowest BCUT2D eigenvalue weighted by atomic mass is 10.3. The zero-order chi connectivity index (χ0) is 13.4. The van der Waals surface area contributed by atoms with Gasteiger partial charge in [0.25, 0.3) is 5.56 Å². The Hall–Kier alpha value is -2.43. The zero-order valence-electron chi connectivity index (χ0n) is 10.8. The highest BCUT2D eigenvalue weighted by molar-refractivity contribution is 5.73. The summed E-state index contributed by atoms with van der Waals surface area (Å²) < 4.78 is 1.79. The van der Waals surface area contributed by atoms with E-state index in [2.05, 4.69) is 15.1 Å². The Balaban J connectivity index is 2.08. The highest BCUT2D eigenvalue weighted by Crippen LogP contribution is 2.08. The average Bonchev–Trinajstić information content (AvgIpc) is 2.69. The van der Waals surface area contributed by atoms with Gasteiger partial charge in [0, 0.05) is 5.69 Å². The summed E-state index contributed by atoms with van der Waals surface area (Å²) in [6.45, 7) is 4.29. The number of hydrogen-bond donors (Lipinski definition) is 1. The fourth-order valence-corrected chi connectivity index (χ4v) is 2.15. The number of hydrogen-bond acceptors (Lipinski definition) is 3. The summed E-state index contributed by atoms with van der Waals surface area (Å²) in [5.74, 6) is 0. The molecule has 0 aliphatic rings. The molecule has 0 amide bonds. The molecular weight excluding hydrogens is 240 g/mol. The van der Waals surface area contributed by atoms with Crippen molar-refractivity contribution in [2.75, 3.05) is 0 Å². The molecule has 19 heavy (non-hydrogen) atoms. The lowest BCUT2D eigenvalue weighted by Crippen LogP contribution is -2.19. The summed E-state index contributed by atoms with van der Waals surface area (Å²) in [6, 6.07) is 9.49. The van der Waals surface area contributed by atoms with Crippen LogP contribution in [0.4, 0.5) is 0 Å². The lowest BCUT2D eigenvalue weighted by Gasteiger charge is -2.04. The average molecular weight is 254 g/mol. The van der Waals surface area contributed by atoms with Crippen LogP contribution in [-0.4, -0.2) is 19.7 Å². The van der Waals surface area contributed by atoms with Crippen molar-refractivity contribution in [3.8, 4) is 0 Å². The summed E-state index contributed by atoms with van der Waals surface area (Å²) in [5.41, 5.74) is 3.82. The van der Waals surface area contributed by atoms with Crippen molar-refractivity contribution >= 4 is 11.0 Å². The molecule has 5 nitrogen and oxygen atoms in total. The first-order chi connectivity index (χ1) is 9.13. The first-order valence-electron chi connectivity index (χ1n) is 6.12. The van der Waals surface area contributed by atoms with Gasteiger partial charge in [-0.3, -0.25) is 9.48 Å². The summed E-state index contributed by atoms with van der Waals surface area (Å²) in [4.78, 5) is 19.3. The van der Waals surface area contributed by atoms with Crippen molar-refractivity contribution in [3.05, 3.63) is 57.8 Å². The summed E-state index contributed by atoms with van der Waals surface area (Å²) in [6.07, 6.45) is 0. The van der Waals surface area contributed by atoms with Crippen LogP contribution in [0.5, 0.6) is 0 Å². The smallest absolute Gasteiger partial charge is 0.272 e. The lowest BCUT2D eigenvalue weighted by molar-refractivity contribution is 0.642. The molecule has 0 aliphatic carbocycles. The van der Waals surface area contributed by atoms with Crippen molar-refractivity contribution in [3.63, 3.8) is 0 Å². The maximum Gasteiger partial charge on any atom is 0.272 e. The van der Waals surface area contributed by atoms with Gasteiger partial charge in [-0.05, 0) is 32.0 Å². The van der Waals surface area contributed by atoms with Crippen LogP contribution in [0.15, 0.2) is 35.1 Å². The molecule has 2 aromatic heterocycles. The SMILES string of the molecule is Cc1cc(C)n(Cc2nc3ccccc3[nH]c2=O)n1. The van der Waals surface area contributed by atoms with E-state index in [4.69, 9.17) is 0 Å². The molecule has 0 spiro atoms. The van der Waals surface area contributed by atoms with Crippen molar-refractivity contribution in [1.29, 1.82) is 0 Å². The number of benzene rings is 1. The topological polar surface area (TPSA) is 63.6 Å². The van der Waals surface area contributed by atoms with Crippen LogP contribution < -0.4 is 5.56 Å². The van der Waals surface area contributed by atoms with Crippen LogP contribution in [0.3, 0.4) is 0 Å². The summed E-state index contributed by atoms with van der Waals surface area (Å²) in [5, 5.41) is 4.35. The van der Waals surface area contributed by atoms with Gasteiger partial charge in [0.1, 0.15) is 5.69 Å². The molecule has 0 bridgehead atoms. The number of aromatic nitrogens is 4. The highest BCUT2D eigenvalue weighted by Gasteiger charge is 2.08. The van der Waals surface area contributed by atoms with E-state index >= 15 is 0 Å². The molecule has 3 rings (SSSR count). The van der Waals surface area contributed by atoms with Gasteiger partial charge in [-0.2, -0.15) is 5.10 Å². The molecule has 5 heteroatoms. The van der Waals surface area contributed by atoms with Crippen LogP contribution in [0, 0.1) is 13.8 Å². The minimum absolute atomic E-state index is 0.161. The first-order valence-corrected chi connectivity index (χ1v) is 6.12. The third-order valence-electron chi connectivity index (χ3n) is 3.07. The normalized spacial score (nSPS) is 11.1. The monoisotopic (exact) mass is 254 g/mol. The molecule has 0 fully saturated rings. The van der Waals surface area contributed by atoms with Crippen LogP contribution in [0.2, 0.25) is 0 Å². The molecular formula is C14H14N4O. The second-order valence-corrected chi connectivity index (χ2v) is 4.61. The fourth-order valence-electron chi connectivity index (χ4n) is 2.15. The van der Waals surface area contributed by atoms with E-state index < -0.39 is 0 Å². The van der Waals surface area contributed by atoms with Gasteiger partial charge in [-0.25, -0.2) is 4.98 Å². The second kappa shape index (κ2) is 4.35. The maximum absolute atomic E-state index is 12.0. The molecule has 0 saturated heterocycles. The van der Waals surface area contributed by atoms with E-state index in [1.807, 2.05) is 44.2 Å². The van der Waals surface area contributed by atoms with E-state index in [1.54, 1.807) is 4.68 Å². The van der Waals surface area contributed by atoms with E-state index in [1.165, 1.54) is 0 Å². The predicted octanol–water partition coefficient (Wildman–Crippen LogP) is 1.78. The van der Waals surface area contributed by atoms with Crippen LogP contribution in [0.1, 0.15) is 17.1 Å². The molecule has 3 aromatic rings. The first kappa shape index (κ1) is 11.6. The maximum atomic E-state index is 12.0. The van der Waals surface area contributed by atoms with Crippen molar-refractivity contribution in [2.24, 2.45) is 0 Å². The molecule has 1 aromatic carbocycles. The molecule has 96 valence electrons. The molecule has 0 unspecified atom stereocenters. The van der Waals surface area contributed by atoms with E-state index in [9.17, 15) is 4.79 Å². The summed E-state index contributed by atoms with van der Waals surface area (Å²) >= 11 is 0. The number of H-pyrrole nitrogens is 1. The minimum atomic E-state index is -0.161. The molecule has 0 atom stereocenters. The number of aromatic amines is 1. The Morgan fingerprint density at radius 3 is 2.79 bits per heavy atom. The number of nitrogens with zero attached hydrogens (tertiary/aromatic N) is 3. The zero-order valence-corrected chi connectivity index (χ0v) is 10.8. The van der Waals surface area contributed by atoms with E-state index in [0.29, 0.717) is 12.2 Å². The van der Waals surface area contributed by atoms with Gasteiger partial charge in [-0.15, -0.1) is 0 Å². The third-order valence-corrected chi connectivity index (χ3v) is 3.07. The van der Waals surface area contributed by atoms with Gasteiger partial charge in [0.05, 0.1) is 23.3 Å². The number of rotatable bonds is 2. The largest absolute Gasteiger partial charge is 0.319 e. The van der Waals surface area contributed by atoms with Gasteiger partial charge >= 0.3 is 0 Å². The van der Waals surface area contributed by atoms with Gasteiger partial charge < -0.3 is 4.98 Å². The van der Waals surface area contributed by atoms with Crippen LogP contribution in [-0.2, 0) is 6.54 Å². The van der Waals surface area contributed by atoms with Gasteiger partial charge in [0.15, 0.2) is 0 Å². The quantitative estimate of drug-likeness (QED) is 0.758. The molecule has 0 saturated carbocycles. The van der Waals surface area contributed by atoms with Gasteiger partial charge in [-0.1, -0.05) is 12.1 Å². The number of fused-ring (bicyclic) bond motifs is 1. The van der Waals surface area contributed by atoms with Crippen molar-refractivity contribution in [1.82, 2.24) is 19.7 Å². The molecule has 2 heterocycles. The minimum Gasteiger partial charge on any atom is -0.319 e. The van der Waals surface area contributed by atoms with Crippen LogP contribution >= 0.6 is 0 Å². The highest BCUT2D eigenvalue weighted by atomic mass is 16.1. The Kier molecular flexibility index (Phi) is 2.67. The number of aryl methyl sites for hydroxylation is 2. The number of para-hydroxylation sites is 2. The molecule has 0 radical (unpaired) electrons. The fraction of sp³-hybridized carbons (Fsp3) is 0.214. The second-order valence-electron chi connectivity index (χ2n) is 4.61. The van der Waals surface area contributed by atoms with E-state index in [0.717, 1.165) is 22.4 Å². The predicted molar refractivity (Wildman–Crippen MR) is 73.2 cm³/mol. The Labute approximate surface area is 109 Å². The molecule has 0 aliphatic heterocycles. The summed E-state index contributed by atoms with van der Waals surface area (Å²) in [7, 11) is 0. The Bertz CT molecular complexity index is 801. The van der Waals surface area contributed by atoms with Gasteiger partial charge in [0.2, 0.25) is 0 Å². The third kappa shape index (κ3) is 2.14. The Morgan fingerprint density at radius 1 is 1.26 bits per heavy atom. The van der Waals surface area contributed by atoms with Crippen molar-refractivity contribution < 1.29 is 0 Å².